The molecule has 4 heteroatoms. The molecule has 0 radical (unpaired) electrons. The van der Waals surface area contributed by atoms with E-state index in [0.29, 0.717) is 4.99 Å². The second-order valence-corrected chi connectivity index (χ2v) is 6.14. The van der Waals surface area contributed by atoms with Crippen molar-refractivity contribution in [2.24, 2.45) is 0 Å². The van der Waals surface area contributed by atoms with Crippen LogP contribution in [0.1, 0.15) is 31.2 Å². The highest BCUT2D eigenvalue weighted by Crippen LogP contribution is 2.41. The van der Waals surface area contributed by atoms with Crippen molar-refractivity contribution in [3.63, 3.8) is 0 Å². The van der Waals surface area contributed by atoms with Gasteiger partial charge >= 0.3 is 0 Å². The van der Waals surface area contributed by atoms with Crippen molar-refractivity contribution in [3.05, 3.63) is 42.1 Å². The third-order valence-electron chi connectivity index (χ3n) is 4.61. The fourth-order valence-electron chi connectivity index (χ4n) is 3.43. The molecule has 1 saturated carbocycles. The highest BCUT2D eigenvalue weighted by Gasteiger charge is 2.45. The maximum Gasteiger partial charge on any atom is 0.0884 e. The first kappa shape index (κ1) is 14.4. The highest BCUT2D eigenvalue weighted by molar-refractivity contribution is 7.80. The van der Waals surface area contributed by atoms with E-state index in [0.717, 1.165) is 42.1 Å². The molecule has 3 nitrogen and oxygen atoms in total. The fourth-order valence-corrected chi connectivity index (χ4v) is 3.78. The maximum atomic E-state index is 10.7. The van der Waals surface area contributed by atoms with Gasteiger partial charge in [-0.2, -0.15) is 0 Å². The molecule has 2 atom stereocenters. The van der Waals surface area contributed by atoms with E-state index in [1.165, 1.54) is 0 Å². The average Bonchev–Trinajstić information content (AvgIpc) is 2.54. The lowest BCUT2D eigenvalue weighted by molar-refractivity contribution is 0.0777. The lowest BCUT2D eigenvalue weighted by atomic mass is 9.67. The minimum atomic E-state index is -0.501. The number of para-hydroxylation sites is 1. The van der Waals surface area contributed by atoms with Crippen molar-refractivity contribution in [1.82, 2.24) is 10.3 Å². The first-order chi connectivity index (χ1) is 10.2. The van der Waals surface area contributed by atoms with Gasteiger partial charge in [0.05, 0.1) is 22.0 Å². The van der Waals surface area contributed by atoms with Crippen molar-refractivity contribution in [1.29, 1.82) is 0 Å². The van der Waals surface area contributed by atoms with E-state index >= 15 is 0 Å². The summed E-state index contributed by atoms with van der Waals surface area (Å²) in [6.45, 7) is 0. The van der Waals surface area contributed by atoms with Gasteiger partial charge in [-0.05, 0) is 30.5 Å². The lowest BCUT2D eigenvalue weighted by Gasteiger charge is -2.42. The molecule has 0 aliphatic heterocycles. The Balaban J connectivity index is 2.16. The van der Waals surface area contributed by atoms with Crippen LogP contribution in [-0.2, 0) is 5.41 Å². The molecule has 2 N–H and O–H groups in total. The summed E-state index contributed by atoms with van der Waals surface area (Å²) in [6.07, 6.45) is 5.21. The third kappa shape index (κ3) is 2.32. The molecule has 1 aliphatic rings. The van der Waals surface area contributed by atoms with E-state index in [1.54, 1.807) is 0 Å². The Morgan fingerprint density at radius 1 is 1.38 bits per heavy atom. The quantitative estimate of drug-likeness (QED) is 0.837. The van der Waals surface area contributed by atoms with Crippen molar-refractivity contribution in [2.45, 2.75) is 37.2 Å². The molecule has 1 aliphatic carbocycles. The van der Waals surface area contributed by atoms with Gasteiger partial charge in [-0.3, -0.25) is 4.98 Å². The molecule has 2 aromatic rings. The van der Waals surface area contributed by atoms with Crippen LogP contribution in [0.5, 0.6) is 0 Å². The van der Waals surface area contributed by atoms with Crippen LogP contribution < -0.4 is 5.32 Å². The molecule has 1 heterocycles. The molecule has 21 heavy (non-hydrogen) atoms. The first-order valence-electron chi connectivity index (χ1n) is 7.44. The molecule has 0 unspecified atom stereocenters. The largest absolute Gasteiger partial charge is 0.392 e. The molecule has 0 bridgehead atoms. The zero-order valence-electron chi connectivity index (χ0n) is 12.2. The Labute approximate surface area is 130 Å². The number of fused-ring (bicyclic) bond motifs is 1. The van der Waals surface area contributed by atoms with Crippen LogP contribution in [0.4, 0.5) is 0 Å². The van der Waals surface area contributed by atoms with Gasteiger partial charge in [0, 0.05) is 18.6 Å². The van der Waals surface area contributed by atoms with Crippen LogP contribution >= 0.6 is 12.2 Å². The number of hydrogen-bond donors (Lipinski definition) is 2. The molecule has 1 fully saturated rings. The van der Waals surface area contributed by atoms with Gasteiger partial charge in [0.1, 0.15) is 0 Å². The van der Waals surface area contributed by atoms with Crippen LogP contribution in [0.15, 0.2) is 36.5 Å². The smallest absolute Gasteiger partial charge is 0.0884 e. The summed E-state index contributed by atoms with van der Waals surface area (Å²) in [7, 11) is 1.83. The number of aliphatic hydroxyl groups is 1. The van der Waals surface area contributed by atoms with Crippen LogP contribution in [0.25, 0.3) is 10.9 Å². The van der Waals surface area contributed by atoms with Gasteiger partial charge in [0.2, 0.25) is 0 Å². The number of nitrogens with one attached hydrogen (secondary N) is 1. The number of likely N-dealkylation sites (N-methyl/N-ethyl adjacent to an activating group) is 1. The Kier molecular flexibility index (Phi) is 3.91. The molecule has 0 spiro atoms. The standard InChI is InChI=1S/C17H20N2OS/c1-18-16(21)17(9-5-4-8-15(17)20)13-10-12-6-2-3-7-14(12)19-11-13/h2-3,6-7,10-11,15,20H,4-5,8-9H2,1H3,(H,18,21)/t15-,17+/m0/s1. The van der Waals surface area contributed by atoms with Crippen LogP contribution in [0, 0.1) is 0 Å². The number of thiocarbonyl (C=S) groups is 1. The molecule has 0 amide bonds. The molecule has 110 valence electrons. The molecular weight excluding hydrogens is 280 g/mol. The highest BCUT2D eigenvalue weighted by atomic mass is 32.1. The summed E-state index contributed by atoms with van der Waals surface area (Å²) in [4.78, 5) is 5.27. The van der Waals surface area contributed by atoms with E-state index in [2.05, 4.69) is 22.4 Å². The maximum absolute atomic E-state index is 10.7. The SMILES string of the molecule is CNC(=S)[C@@]1(c2cnc3ccccc3c2)CCCC[C@@H]1O. The summed E-state index contributed by atoms with van der Waals surface area (Å²) >= 11 is 5.57. The Morgan fingerprint density at radius 2 is 2.19 bits per heavy atom. The summed E-state index contributed by atoms with van der Waals surface area (Å²) in [5, 5.41) is 14.9. The van der Waals surface area contributed by atoms with Gasteiger partial charge in [0.25, 0.3) is 0 Å². The number of benzene rings is 1. The van der Waals surface area contributed by atoms with Crippen LogP contribution in [0.2, 0.25) is 0 Å². The Hall–Kier alpha value is -1.52. The number of aliphatic hydroxyl groups excluding tert-OH is 1. The van der Waals surface area contributed by atoms with Crippen molar-refractivity contribution in [3.8, 4) is 0 Å². The predicted octanol–water partition coefficient (Wildman–Crippen LogP) is 2.95. The fraction of sp³-hybridized carbons (Fsp3) is 0.412. The second kappa shape index (κ2) is 5.70. The number of nitrogens with zero attached hydrogens (tertiary/aromatic N) is 1. The monoisotopic (exact) mass is 300 g/mol. The van der Waals surface area contributed by atoms with Gasteiger partial charge < -0.3 is 10.4 Å². The number of aromatic nitrogens is 1. The van der Waals surface area contributed by atoms with E-state index < -0.39 is 11.5 Å². The van der Waals surface area contributed by atoms with E-state index in [9.17, 15) is 5.11 Å². The first-order valence-corrected chi connectivity index (χ1v) is 7.85. The van der Waals surface area contributed by atoms with Crippen molar-refractivity contribution in [2.75, 3.05) is 7.05 Å². The van der Waals surface area contributed by atoms with E-state index in [1.807, 2.05) is 31.4 Å². The molecule has 3 rings (SSSR count). The normalized spacial score (nSPS) is 25.7. The Bertz CT molecular complexity index is 673. The zero-order valence-corrected chi connectivity index (χ0v) is 13.0. The van der Waals surface area contributed by atoms with Gasteiger partial charge in [-0.25, -0.2) is 0 Å². The third-order valence-corrected chi connectivity index (χ3v) is 5.17. The molecule has 0 saturated heterocycles. The van der Waals surface area contributed by atoms with E-state index in [-0.39, 0.29) is 0 Å². The predicted molar refractivity (Wildman–Crippen MR) is 89.6 cm³/mol. The second-order valence-electron chi connectivity index (χ2n) is 5.73. The lowest BCUT2D eigenvalue weighted by Crippen LogP contribution is -2.52. The van der Waals surface area contributed by atoms with Gasteiger partial charge in [-0.15, -0.1) is 0 Å². The van der Waals surface area contributed by atoms with Gasteiger partial charge in [0.15, 0.2) is 0 Å². The topological polar surface area (TPSA) is 45.2 Å². The van der Waals surface area contributed by atoms with Crippen LogP contribution in [0.3, 0.4) is 0 Å². The summed E-state index contributed by atoms with van der Waals surface area (Å²) in [5.41, 5.74) is 1.49. The summed E-state index contributed by atoms with van der Waals surface area (Å²) < 4.78 is 0. The minimum Gasteiger partial charge on any atom is -0.392 e. The average molecular weight is 300 g/mol. The Morgan fingerprint density at radius 3 is 2.95 bits per heavy atom. The summed E-state index contributed by atoms with van der Waals surface area (Å²) in [5.74, 6) is 0. The van der Waals surface area contributed by atoms with Crippen molar-refractivity contribution < 1.29 is 5.11 Å². The number of hydrogen-bond acceptors (Lipinski definition) is 3. The van der Waals surface area contributed by atoms with E-state index in [4.69, 9.17) is 12.2 Å². The molecular formula is C17H20N2OS. The van der Waals surface area contributed by atoms with Crippen LogP contribution in [-0.4, -0.2) is 28.2 Å². The van der Waals surface area contributed by atoms with Gasteiger partial charge in [-0.1, -0.05) is 43.3 Å². The molecule has 1 aromatic carbocycles. The zero-order chi connectivity index (χ0) is 14.9. The minimum absolute atomic E-state index is 0.450. The van der Waals surface area contributed by atoms with Crippen molar-refractivity contribution >= 4 is 28.1 Å². The summed E-state index contributed by atoms with van der Waals surface area (Å²) in [6, 6.07) is 10.2. The molecule has 1 aromatic heterocycles. The number of rotatable bonds is 2. The number of pyridine rings is 1.